The number of hydrogen-bond donors (Lipinski definition) is 1. The molecule has 0 amide bonds. The SMILES string of the molecule is CNc1nc(C)cn1C(C)c1cccnc1. The lowest BCUT2D eigenvalue weighted by atomic mass is 10.1. The van der Waals surface area contributed by atoms with Gasteiger partial charge in [-0.1, -0.05) is 6.07 Å². The van der Waals surface area contributed by atoms with E-state index in [9.17, 15) is 0 Å². The molecule has 2 aromatic rings. The Balaban J connectivity index is 2.37. The van der Waals surface area contributed by atoms with Gasteiger partial charge in [-0.2, -0.15) is 0 Å². The van der Waals surface area contributed by atoms with Gasteiger partial charge in [0.15, 0.2) is 0 Å². The van der Waals surface area contributed by atoms with Crippen LogP contribution in [0.4, 0.5) is 5.95 Å². The zero-order chi connectivity index (χ0) is 11.5. The van der Waals surface area contributed by atoms with Gasteiger partial charge in [0.25, 0.3) is 0 Å². The third kappa shape index (κ3) is 1.91. The number of rotatable bonds is 3. The van der Waals surface area contributed by atoms with E-state index >= 15 is 0 Å². The average molecular weight is 216 g/mol. The molecule has 0 aliphatic rings. The fourth-order valence-corrected chi connectivity index (χ4v) is 1.78. The maximum absolute atomic E-state index is 4.41. The summed E-state index contributed by atoms with van der Waals surface area (Å²) < 4.78 is 2.12. The Labute approximate surface area is 95.4 Å². The number of aromatic nitrogens is 3. The van der Waals surface area contributed by atoms with Crippen LogP contribution in [0.25, 0.3) is 0 Å². The minimum absolute atomic E-state index is 0.234. The monoisotopic (exact) mass is 216 g/mol. The predicted molar refractivity (Wildman–Crippen MR) is 64.6 cm³/mol. The van der Waals surface area contributed by atoms with E-state index in [1.807, 2.05) is 32.4 Å². The van der Waals surface area contributed by atoms with Gasteiger partial charge in [-0.25, -0.2) is 4.98 Å². The van der Waals surface area contributed by atoms with Gasteiger partial charge in [-0.15, -0.1) is 0 Å². The minimum atomic E-state index is 0.234. The van der Waals surface area contributed by atoms with Crippen molar-refractivity contribution < 1.29 is 0 Å². The molecule has 0 bridgehead atoms. The van der Waals surface area contributed by atoms with Gasteiger partial charge < -0.3 is 9.88 Å². The molecule has 4 nitrogen and oxygen atoms in total. The fraction of sp³-hybridized carbons (Fsp3) is 0.333. The highest BCUT2D eigenvalue weighted by Crippen LogP contribution is 2.21. The second-order valence-electron chi connectivity index (χ2n) is 3.83. The number of pyridine rings is 1. The van der Waals surface area contributed by atoms with Crippen molar-refractivity contribution in [2.45, 2.75) is 19.9 Å². The van der Waals surface area contributed by atoms with Gasteiger partial charge >= 0.3 is 0 Å². The zero-order valence-electron chi connectivity index (χ0n) is 9.81. The van der Waals surface area contributed by atoms with E-state index in [0.29, 0.717) is 0 Å². The van der Waals surface area contributed by atoms with Crippen molar-refractivity contribution >= 4 is 5.95 Å². The highest BCUT2D eigenvalue weighted by Gasteiger charge is 2.12. The molecule has 2 aromatic heterocycles. The molecule has 0 saturated carbocycles. The van der Waals surface area contributed by atoms with Crippen LogP contribution in [0.15, 0.2) is 30.7 Å². The lowest BCUT2D eigenvalue weighted by Gasteiger charge is -2.15. The van der Waals surface area contributed by atoms with Crippen LogP contribution >= 0.6 is 0 Å². The van der Waals surface area contributed by atoms with Crippen LogP contribution < -0.4 is 5.32 Å². The molecule has 0 fully saturated rings. The van der Waals surface area contributed by atoms with Gasteiger partial charge in [-0.05, 0) is 25.5 Å². The molecule has 4 heteroatoms. The van der Waals surface area contributed by atoms with E-state index < -0.39 is 0 Å². The second kappa shape index (κ2) is 4.35. The summed E-state index contributed by atoms with van der Waals surface area (Å²) in [5.74, 6) is 0.883. The Bertz CT molecular complexity index is 461. The smallest absolute Gasteiger partial charge is 0.203 e. The molecular weight excluding hydrogens is 200 g/mol. The Morgan fingerprint density at radius 1 is 1.44 bits per heavy atom. The van der Waals surface area contributed by atoms with Gasteiger partial charge in [0, 0.05) is 25.6 Å². The number of imidazole rings is 1. The highest BCUT2D eigenvalue weighted by atomic mass is 15.2. The summed E-state index contributed by atoms with van der Waals surface area (Å²) in [6.07, 6.45) is 5.72. The standard InChI is InChI=1S/C12H16N4/c1-9-8-16(12(13-3)15-9)10(2)11-5-4-6-14-7-11/h4-8,10H,1-3H3,(H,13,15). The number of hydrogen-bond acceptors (Lipinski definition) is 3. The third-order valence-electron chi connectivity index (χ3n) is 2.66. The first-order valence-corrected chi connectivity index (χ1v) is 5.35. The number of anilines is 1. The molecule has 84 valence electrons. The molecular formula is C12H16N4. The molecule has 2 heterocycles. The van der Waals surface area contributed by atoms with Crippen LogP contribution in [0, 0.1) is 6.92 Å². The normalized spacial score (nSPS) is 12.4. The van der Waals surface area contributed by atoms with Crippen molar-refractivity contribution in [1.29, 1.82) is 0 Å². The van der Waals surface area contributed by atoms with Crippen molar-refractivity contribution in [2.24, 2.45) is 0 Å². The van der Waals surface area contributed by atoms with Gasteiger partial charge in [0.05, 0.1) is 11.7 Å². The van der Waals surface area contributed by atoms with Crippen LogP contribution in [-0.4, -0.2) is 21.6 Å². The van der Waals surface area contributed by atoms with Crippen LogP contribution in [0.5, 0.6) is 0 Å². The minimum Gasteiger partial charge on any atom is -0.359 e. The van der Waals surface area contributed by atoms with Crippen LogP contribution in [0.1, 0.15) is 24.2 Å². The van der Waals surface area contributed by atoms with Gasteiger partial charge in [-0.3, -0.25) is 4.98 Å². The Morgan fingerprint density at radius 3 is 2.88 bits per heavy atom. The summed E-state index contributed by atoms with van der Waals surface area (Å²) in [5.41, 5.74) is 2.19. The molecule has 0 spiro atoms. The van der Waals surface area contributed by atoms with Crippen LogP contribution in [-0.2, 0) is 0 Å². The van der Waals surface area contributed by atoms with E-state index in [0.717, 1.165) is 11.6 Å². The average Bonchev–Trinajstić information content (AvgIpc) is 2.70. The van der Waals surface area contributed by atoms with Crippen LogP contribution in [0.3, 0.4) is 0 Å². The Hall–Kier alpha value is -1.84. The molecule has 0 radical (unpaired) electrons. The summed E-state index contributed by atoms with van der Waals surface area (Å²) in [4.78, 5) is 8.55. The topological polar surface area (TPSA) is 42.7 Å². The fourth-order valence-electron chi connectivity index (χ4n) is 1.78. The summed E-state index contributed by atoms with van der Waals surface area (Å²) in [6, 6.07) is 4.26. The predicted octanol–water partition coefficient (Wildman–Crippen LogP) is 2.24. The molecule has 1 N–H and O–H groups in total. The molecule has 0 aliphatic heterocycles. The molecule has 0 aromatic carbocycles. The van der Waals surface area contributed by atoms with Gasteiger partial charge in [0.2, 0.25) is 5.95 Å². The van der Waals surface area contributed by atoms with E-state index in [2.05, 4.69) is 32.8 Å². The summed E-state index contributed by atoms with van der Waals surface area (Å²) >= 11 is 0. The van der Waals surface area contributed by atoms with E-state index in [1.165, 1.54) is 5.56 Å². The molecule has 2 rings (SSSR count). The lowest BCUT2D eigenvalue weighted by Crippen LogP contribution is -2.09. The lowest BCUT2D eigenvalue weighted by molar-refractivity contribution is 0.643. The largest absolute Gasteiger partial charge is 0.359 e. The van der Waals surface area contributed by atoms with E-state index in [-0.39, 0.29) is 6.04 Å². The third-order valence-corrected chi connectivity index (χ3v) is 2.66. The Kier molecular flexibility index (Phi) is 2.90. The second-order valence-corrected chi connectivity index (χ2v) is 3.83. The van der Waals surface area contributed by atoms with Crippen molar-refractivity contribution in [1.82, 2.24) is 14.5 Å². The molecule has 1 unspecified atom stereocenters. The maximum atomic E-state index is 4.41. The highest BCUT2D eigenvalue weighted by molar-refractivity contribution is 5.31. The van der Waals surface area contributed by atoms with Crippen molar-refractivity contribution in [2.75, 3.05) is 12.4 Å². The zero-order valence-corrected chi connectivity index (χ0v) is 9.81. The van der Waals surface area contributed by atoms with Crippen LogP contribution in [0.2, 0.25) is 0 Å². The number of nitrogens with zero attached hydrogens (tertiary/aromatic N) is 3. The first-order chi connectivity index (χ1) is 7.72. The molecule has 0 saturated heterocycles. The van der Waals surface area contributed by atoms with Gasteiger partial charge in [0.1, 0.15) is 0 Å². The summed E-state index contributed by atoms with van der Waals surface area (Å²) in [7, 11) is 1.88. The number of aryl methyl sites for hydroxylation is 1. The van der Waals surface area contributed by atoms with E-state index in [1.54, 1.807) is 6.20 Å². The van der Waals surface area contributed by atoms with E-state index in [4.69, 9.17) is 0 Å². The molecule has 0 aliphatic carbocycles. The summed E-state index contributed by atoms with van der Waals surface area (Å²) in [6.45, 7) is 4.13. The van der Waals surface area contributed by atoms with Crippen molar-refractivity contribution in [3.63, 3.8) is 0 Å². The van der Waals surface area contributed by atoms with Crippen molar-refractivity contribution in [3.8, 4) is 0 Å². The summed E-state index contributed by atoms with van der Waals surface area (Å²) in [5, 5.41) is 3.10. The quantitative estimate of drug-likeness (QED) is 0.855. The maximum Gasteiger partial charge on any atom is 0.203 e. The Morgan fingerprint density at radius 2 is 2.25 bits per heavy atom. The van der Waals surface area contributed by atoms with Crippen molar-refractivity contribution in [3.05, 3.63) is 42.0 Å². The molecule has 1 atom stereocenters. The first-order valence-electron chi connectivity index (χ1n) is 5.35. The number of nitrogens with one attached hydrogen (secondary N) is 1. The molecule has 16 heavy (non-hydrogen) atoms. The first kappa shape index (κ1) is 10.7.